The number of urea groups is 1. The van der Waals surface area contributed by atoms with Crippen molar-refractivity contribution < 1.29 is 24.5 Å². The number of nitrogens with one attached hydrogen (secondary N) is 1. The van der Waals surface area contributed by atoms with Crippen LogP contribution in [0, 0.1) is 5.41 Å². The Morgan fingerprint density at radius 2 is 1.90 bits per heavy atom. The van der Waals surface area contributed by atoms with Gasteiger partial charge in [0.25, 0.3) is 0 Å². The SMILES string of the molecule is CCC(CC)(CNC(=O)N(C)CC(O)COC)C(=O)O. The first kappa shape index (κ1) is 18.7. The van der Waals surface area contributed by atoms with Crippen LogP contribution in [0.5, 0.6) is 0 Å². The average molecular weight is 290 g/mol. The van der Waals surface area contributed by atoms with Crippen LogP contribution in [0.1, 0.15) is 26.7 Å². The zero-order chi connectivity index (χ0) is 15.8. The van der Waals surface area contributed by atoms with Gasteiger partial charge in [0.05, 0.1) is 24.7 Å². The third kappa shape index (κ3) is 5.34. The number of ether oxygens (including phenoxy) is 1. The van der Waals surface area contributed by atoms with Crippen molar-refractivity contribution in [3.63, 3.8) is 0 Å². The molecule has 3 N–H and O–H groups in total. The Morgan fingerprint density at radius 1 is 1.35 bits per heavy atom. The molecule has 118 valence electrons. The topological polar surface area (TPSA) is 99.1 Å². The van der Waals surface area contributed by atoms with Crippen LogP contribution in [0.2, 0.25) is 0 Å². The maximum absolute atomic E-state index is 11.9. The van der Waals surface area contributed by atoms with E-state index in [1.807, 2.05) is 0 Å². The minimum absolute atomic E-state index is 0.0683. The number of methoxy groups -OCH3 is 1. The number of amides is 2. The van der Waals surface area contributed by atoms with E-state index in [1.165, 1.54) is 19.1 Å². The van der Waals surface area contributed by atoms with E-state index in [9.17, 15) is 19.8 Å². The number of likely N-dealkylation sites (N-methyl/N-ethyl adjacent to an activating group) is 1. The monoisotopic (exact) mass is 290 g/mol. The smallest absolute Gasteiger partial charge is 0.317 e. The van der Waals surface area contributed by atoms with Crippen molar-refractivity contribution in [2.24, 2.45) is 5.41 Å². The predicted octanol–water partition coefficient (Wildman–Crippen LogP) is 0.526. The van der Waals surface area contributed by atoms with Crippen LogP contribution in [-0.2, 0) is 9.53 Å². The number of aliphatic hydroxyl groups excluding tert-OH is 1. The summed E-state index contributed by atoms with van der Waals surface area (Å²) in [5.74, 6) is -0.912. The number of carboxylic acid groups (broad SMARTS) is 1. The molecule has 0 aliphatic carbocycles. The molecule has 1 atom stereocenters. The molecule has 1 unspecified atom stereocenters. The summed E-state index contributed by atoms with van der Waals surface area (Å²) in [4.78, 5) is 24.5. The number of carbonyl (C=O) groups excluding carboxylic acids is 1. The van der Waals surface area contributed by atoms with Gasteiger partial charge in [-0.2, -0.15) is 0 Å². The largest absolute Gasteiger partial charge is 0.481 e. The summed E-state index contributed by atoms with van der Waals surface area (Å²) in [6, 6.07) is -0.410. The number of nitrogens with zero attached hydrogens (tertiary/aromatic N) is 1. The molecule has 0 aliphatic rings. The number of aliphatic hydroxyl groups is 1. The number of rotatable bonds is 9. The summed E-state index contributed by atoms with van der Waals surface area (Å²) in [5.41, 5.74) is -0.943. The normalized spacial score (nSPS) is 12.8. The van der Waals surface area contributed by atoms with E-state index in [1.54, 1.807) is 13.8 Å². The second kappa shape index (κ2) is 8.76. The summed E-state index contributed by atoms with van der Waals surface area (Å²) < 4.78 is 4.78. The van der Waals surface area contributed by atoms with Gasteiger partial charge < -0.3 is 25.2 Å². The molecule has 0 saturated heterocycles. The quantitative estimate of drug-likeness (QED) is 0.575. The Hall–Kier alpha value is -1.34. The molecular formula is C13H26N2O5. The fourth-order valence-corrected chi connectivity index (χ4v) is 1.90. The minimum Gasteiger partial charge on any atom is -0.481 e. The Labute approximate surface area is 119 Å². The lowest BCUT2D eigenvalue weighted by atomic mass is 9.82. The number of carbonyl (C=O) groups is 2. The highest BCUT2D eigenvalue weighted by Gasteiger charge is 2.35. The van der Waals surface area contributed by atoms with Crippen LogP contribution < -0.4 is 5.32 Å². The highest BCUT2D eigenvalue weighted by Crippen LogP contribution is 2.25. The van der Waals surface area contributed by atoms with E-state index in [0.29, 0.717) is 12.8 Å². The lowest BCUT2D eigenvalue weighted by Crippen LogP contribution is -2.48. The second-order valence-electron chi connectivity index (χ2n) is 4.94. The van der Waals surface area contributed by atoms with Gasteiger partial charge in [0.1, 0.15) is 0 Å². The van der Waals surface area contributed by atoms with E-state index in [2.05, 4.69) is 5.32 Å². The zero-order valence-corrected chi connectivity index (χ0v) is 12.7. The van der Waals surface area contributed by atoms with Crippen molar-refractivity contribution in [2.75, 3.05) is 33.9 Å². The molecule has 0 saturated carbocycles. The highest BCUT2D eigenvalue weighted by molar-refractivity contribution is 5.78. The number of carboxylic acids is 1. The molecule has 0 aromatic rings. The first-order valence-electron chi connectivity index (χ1n) is 6.72. The zero-order valence-electron chi connectivity index (χ0n) is 12.7. The van der Waals surface area contributed by atoms with Crippen molar-refractivity contribution in [2.45, 2.75) is 32.8 Å². The van der Waals surface area contributed by atoms with Gasteiger partial charge in [-0.1, -0.05) is 13.8 Å². The Balaban J connectivity index is 4.42. The maximum Gasteiger partial charge on any atom is 0.317 e. The van der Waals surface area contributed by atoms with Gasteiger partial charge in [-0.25, -0.2) is 4.79 Å². The standard InChI is InChI=1S/C13H26N2O5/c1-5-13(6-2,11(17)18)9-14-12(19)15(3)7-10(16)8-20-4/h10,16H,5-9H2,1-4H3,(H,14,19)(H,17,18). The molecule has 0 spiro atoms. The van der Waals surface area contributed by atoms with Gasteiger partial charge in [0, 0.05) is 20.7 Å². The molecule has 0 aliphatic heterocycles. The van der Waals surface area contributed by atoms with Crippen LogP contribution in [0.25, 0.3) is 0 Å². The van der Waals surface area contributed by atoms with E-state index < -0.39 is 23.5 Å². The van der Waals surface area contributed by atoms with E-state index in [0.717, 1.165) is 0 Å². The lowest BCUT2D eigenvalue weighted by molar-refractivity contribution is -0.149. The second-order valence-corrected chi connectivity index (χ2v) is 4.94. The number of hydrogen-bond acceptors (Lipinski definition) is 4. The van der Waals surface area contributed by atoms with Crippen molar-refractivity contribution in [1.82, 2.24) is 10.2 Å². The number of hydrogen-bond donors (Lipinski definition) is 3. The van der Waals surface area contributed by atoms with Gasteiger partial charge in [-0.15, -0.1) is 0 Å². The van der Waals surface area contributed by atoms with Crippen LogP contribution in [-0.4, -0.2) is 67.1 Å². The fraction of sp³-hybridized carbons (Fsp3) is 0.846. The average Bonchev–Trinajstić information content (AvgIpc) is 2.39. The van der Waals surface area contributed by atoms with Gasteiger partial charge in [-0.05, 0) is 12.8 Å². The Bertz CT molecular complexity index is 318. The third-order valence-electron chi connectivity index (χ3n) is 3.58. The molecule has 7 nitrogen and oxygen atoms in total. The van der Waals surface area contributed by atoms with Gasteiger partial charge in [-0.3, -0.25) is 4.79 Å². The molecule has 0 bridgehead atoms. The van der Waals surface area contributed by atoms with Crippen molar-refractivity contribution in [3.8, 4) is 0 Å². The summed E-state index contributed by atoms with van der Waals surface area (Å²) in [5, 5.41) is 21.4. The first-order chi connectivity index (χ1) is 9.32. The highest BCUT2D eigenvalue weighted by atomic mass is 16.5. The Kier molecular flexibility index (Phi) is 8.17. The number of aliphatic carboxylic acids is 1. The molecule has 0 rings (SSSR count). The minimum atomic E-state index is -0.943. The van der Waals surface area contributed by atoms with Crippen molar-refractivity contribution in [3.05, 3.63) is 0 Å². The van der Waals surface area contributed by atoms with Crippen molar-refractivity contribution in [1.29, 1.82) is 0 Å². The molecule has 0 radical (unpaired) electrons. The lowest BCUT2D eigenvalue weighted by Gasteiger charge is -2.28. The van der Waals surface area contributed by atoms with Gasteiger partial charge in [0.15, 0.2) is 0 Å². The van der Waals surface area contributed by atoms with E-state index in [4.69, 9.17) is 4.74 Å². The molecule has 7 heteroatoms. The molecule has 0 heterocycles. The van der Waals surface area contributed by atoms with Gasteiger partial charge in [0.2, 0.25) is 0 Å². The Morgan fingerprint density at radius 3 is 2.30 bits per heavy atom. The summed E-state index contributed by atoms with van der Waals surface area (Å²) in [6.45, 7) is 3.91. The first-order valence-corrected chi connectivity index (χ1v) is 6.72. The molecule has 0 aromatic heterocycles. The maximum atomic E-state index is 11.9. The van der Waals surface area contributed by atoms with E-state index >= 15 is 0 Å². The van der Waals surface area contributed by atoms with Gasteiger partial charge >= 0.3 is 12.0 Å². The van der Waals surface area contributed by atoms with Crippen LogP contribution in [0.4, 0.5) is 4.79 Å². The summed E-state index contributed by atoms with van der Waals surface area (Å²) >= 11 is 0. The predicted molar refractivity (Wildman–Crippen MR) is 74.6 cm³/mol. The van der Waals surface area contributed by atoms with Crippen LogP contribution >= 0.6 is 0 Å². The van der Waals surface area contributed by atoms with Crippen LogP contribution in [0.3, 0.4) is 0 Å². The molecule has 0 aromatic carbocycles. The molecule has 0 fully saturated rings. The summed E-state index contributed by atoms with van der Waals surface area (Å²) in [7, 11) is 3.00. The molecule has 2 amide bonds. The van der Waals surface area contributed by atoms with Crippen LogP contribution in [0.15, 0.2) is 0 Å². The molecule has 20 heavy (non-hydrogen) atoms. The van der Waals surface area contributed by atoms with E-state index in [-0.39, 0.29) is 19.7 Å². The molecular weight excluding hydrogens is 264 g/mol. The summed E-state index contributed by atoms with van der Waals surface area (Å²) in [6.07, 6.45) is 0.113. The third-order valence-corrected chi connectivity index (χ3v) is 3.58. The fourth-order valence-electron chi connectivity index (χ4n) is 1.90. The van der Waals surface area contributed by atoms with Crippen molar-refractivity contribution >= 4 is 12.0 Å².